The number of rotatable bonds is 5. The predicted octanol–water partition coefficient (Wildman–Crippen LogP) is 2.60. The zero-order valence-electron chi connectivity index (χ0n) is 9.81. The van der Waals surface area contributed by atoms with Crippen LogP contribution in [0.4, 0.5) is 0 Å². The maximum absolute atomic E-state index is 10.9. The van der Waals surface area contributed by atoms with Gasteiger partial charge in [-0.25, -0.2) is 4.79 Å². The first-order valence-corrected chi connectivity index (χ1v) is 5.52. The molecule has 1 rings (SSSR count). The molecule has 3 nitrogen and oxygen atoms in total. The summed E-state index contributed by atoms with van der Waals surface area (Å²) >= 11 is 0. The first-order chi connectivity index (χ1) is 7.76. The van der Waals surface area contributed by atoms with E-state index in [9.17, 15) is 4.79 Å². The molecule has 1 aliphatic carbocycles. The van der Waals surface area contributed by atoms with Gasteiger partial charge in [0.2, 0.25) is 0 Å². The molecule has 0 N–H and O–H groups in total. The summed E-state index contributed by atoms with van der Waals surface area (Å²) in [5.41, 5.74) is 0. The summed E-state index contributed by atoms with van der Waals surface area (Å²) in [7, 11) is 1.37. The maximum atomic E-state index is 10.9. The van der Waals surface area contributed by atoms with Gasteiger partial charge in [0.1, 0.15) is 0 Å². The molecule has 0 amide bonds. The maximum Gasteiger partial charge on any atom is 0.330 e. The summed E-state index contributed by atoms with van der Waals surface area (Å²) in [6.45, 7) is 2.82. The molecule has 1 unspecified atom stereocenters. The van der Waals surface area contributed by atoms with Crippen LogP contribution in [0.3, 0.4) is 0 Å². The summed E-state index contributed by atoms with van der Waals surface area (Å²) in [5.74, 6) is 0.874. The number of hydrogen-bond acceptors (Lipinski definition) is 3. The van der Waals surface area contributed by atoms with Gasteiger partial charge >= 0.3 is 5.97 Å². The molecule has 0 saturated heterocycles. The summed E-state index contributed by atoms with van der Waals surface area (Å²) in [6, 6.07) is 0. The number of carbonyl (C=O) groups excluding carboxylic acids is 1. The fourth-order valence-corrected chi connectivity index (χ4v) is 1.42. The molecule has 0 aromatic heterocycles. The van der Waals surface area contributed by atoms with Crippen LogP contribution < -0.4 is 0 Å². The molecule has 16 heavy (non-hydrogen) atoms. The average Bonchev–Trinajstić information content (AvgIpc) is 2.34. The lowest BCUT2D eigenvalue weighted by atomic mass is 9.99. The second-order valence-corrected chi connectivity index (χ2v) is 3.62. The molecule has 88 valence electrons. The number of ether oxygens (including phenoxy) is 2. The van der Waals surface area contributed by atoms with Crippen LogP contribution in [0.15, 0.2) is 36.1 Å². The van der Waals surface area contributed by atoms with Gasteiger partial charge in [-0.15, -0.1) is 0 Å². The van der Waals surface area contributed by atoms with E-state index in [2.05, 4.69) is 11.7 Å². The Labute approximate surface area is 96.4 Å². The monoisotopic (exact) mass is 222 g/mol. The minimum atomic E-state index is -0.320. The fraction of sp³-hybridized carbons (Fsp3) is 0.462. The topological polar surface area (TPSA) is 35.5 Å². The van der Waals surface area contributed by atoms with Gasteiger partial charge in [0.15, 0.2) is 0 Å². The van der Waals surface area contributed by atoms with Gasteiger partial charge in [-0.3, -0.25) is 0 Å². The van der Waals surface area contributed by atoms with Crippen molar-refractivity contribution in [3.8, 4) is 0 Å². The van der Waals surface area contributed by atoms with Crippen LogP contribution in [0.25, 0.3) is 0 Å². The minimum Gasteiger partial charge on any atom is -0.498 e. The van der Waals surface area contributed by atoms with Crippen LogP contribution in [0.1, 0.15) is 19.8 Å². The average molecular weight is 222 g/mol. The Morgan fingerprint density at radius 1 is 1.62 bits per heavy atom. The second-order valence-electron chi connectivity index (χ2n) is 3.62. The largest absolute Gasteiger partial charge is 0.498 e. The lowest BCUT2D eigenvalue weighted by Gasteiger charge is -2.15. The van der Waals surface area contributed by atoms with Gasteiger partial charge in [0.05, 0.1) is 19.5 Å². The van der Waals surface area contributed by atoms with Gasteiger partial charge < -0.3 is 9.47 Å². The number of methoxy groups -OCH3 is 1. The molecule has 0 spiro atoms. The highest BCUT2D eigenvalue weighted by Crippen LogP contribution is 2.20. The van der Waals surface area contributed by atoms with Crippen molar-refractivity contribution in [1.82, 2.24) is 0 Å². The van der Waals surface area contributed by atoms with Crippen LogP contribution in [-0.2, 0) is 14.3 Å². The zero-order chi connectivity index (χ0) is 11.8. The van der Waals surface area contributed by atoms with Crippen molar-refractivity contribution in [2.45, 2.75) is 19.8 Å². The molecular weight excluding hydrogens is 204 g/mol. The Morgan fingerprint density at radius 2 is 2.44 bits per heavy atom. The number of hydrogen-bond donors (Lipinski definition) is 0. The zero-order valence-corrected chi connectivity index (χ0v) is 9.81. The molecule has 0 aromatic rings. The Hall–Kier alpha value is -1.51. The van der Waals surface area contributed by atoms with Gasteiger partial charge in [-0.1, -0.05) is 25.2 Å². The number of esters is 1. The third-order valence-corrected chi connectivity index (χ3v) is 2.25. The third-order valence-electron chi connectivity index (χ3n) is 2.25. The molecule has 1 atom stereocenters. The van der Waals surface area contributed by atoms with E-state index in [4.69, 9.17) is 4.74 Å². The molecule has 0 saturated carbocycles. The van der Waals surface area contributed by atoms with E-state index >= 15 is 0 Å². The van der Waals surface area contributed by atoms with Crippen molar-refractivity contribution >= 4 is 5.97 Å². The standard InChI is InChI=1S/C13H18O3/c1-3-9-16-12-6-4-5-11(10-12)7-8-13(14)15-2/h4-8,11H,3,9-10H2,1-2H3. The van der Waals surface area contributed by atoms with Crippen molar-refractivity contribution in [2.24, 2.45) is 5.92 Å². The molecule has 3 heteroatoms. The van der Waals surface area contributed by atoms with Gasteiger partial charge in [0, 0.05) is 18.4 Å². The van der Waals surface area contributed by atoms with Crippen molar-refractivity contribution in [3.05, 3.63) is 36.1 Å². The highest BCUT2D eigenvalue weighted by Gasteiger charge is 2.09. The minimum absolute atomic E-state index is 0.218. The van der Waals surface area contributed by atoms with Crippen LogP contribution in [0, 0.1) is 5.92 Å². The Balaban J connectivity index is 2.43. The molecule has 0 bridgehead atoms. The smallest absolute Gasteiger partial charge is 0.330 e. The number of allylic oxidation sites excluding steroid dienone is 5. The first-order valence-electron chi connectivity index (χ1n) is 5.52. The Morgan fingerprint density at radius 3 is 3.12 bits per heavy atom. The van der Waals surface area contributed by atoms with E-state index in [-0.39, 0.29) is 11.9 Å². The number of carbonyl (C=O) groups is 1. The van der Waals surface area contributed by atoms with E-state index < -0.39 is 0 Å². The van der Waals surface area contributed by atoms with Crippen molar-refractivity contribution in [2.75, 3.05) is 13.7 Å². The van der Waals surface area contributed by atoms with E-state index in [0.717, 1.165) is 25.2 Å². The Kier molecular flexibility index (Phi) is 5.40. The molecule has 0 fully saturated rings. The predicted molar refractivity (Wildman–Crippen MR) is 62.7 cm³/mol. The van der Waals surface area contributed by atoms with Crippen molar-refractivity contribution in [1.29, 1.82) is 0 Å². The van der Waals surface area contributed by atoms with E-state index in [1.54, 1.807) is 0 Å². The lowest BCUT2D eigenvalue weighted by molar-refractivity contribution is -0.134. The summed E-state index contributed by atoms with van der Waals surface area (Å²) in [5, 5.41) is 0. The Bertz CT molecular complexity index is 313. The van der Waals surface area contributed by atoms with E-state index in [0.29, 0.717) is 0 Å². The molecule has 1 aliphatic rings. The summed E-state index contributed by atoms with van der Waals surface area (Å²) in [4.78, 5) is 10.9. The van der Waals surface area contributed by atoms with Gasteiger partial charge in [0.25, 0.3) is 0 Å². The van der Waals surface area contributed by atoms with Crippen molar-refractivity contribution < 1.29 is 14.3 Å². The lowest BCUT2D eigenvalue weighted by Crippen LogP contribution is -2.04. The molecule has 0 aromatic carbocycles. The van der Waals surface area contributed by atoms with Crippen LogP contribution >= 0.6 is 0 Å². The van der Waals surface area contributed by atoms with Crippen LogP contribution in [-0.4, -0.2) is 19.7 Å². The van der Waals surface area contributed by atoms with Gasteiger partial charge in [-0.2, -0.15) is 0 Å². The molecule has 0 aliphatic heterocycles. The summed E-state index contributed by atoms with van der Waals surface area (Å²) in [6.07, 6.45) is 11.1. The highest BCUT2D eigenvalue weighted by molar-refractivity contribution is 5.81. The fourth-order valence-electron chi connectivity index (χ4n) is 1.42. The van der Waals surface area contributed by atoms with Gasteiger partial charge in [-0.05, 0) is 12.5 Å². The van der Waals surface area contributed by atoms with E-state index in [1.165, 1.54) is 13.2 Å². The first kappa shape index (κ1) is 12.6. The molecule has 0 heterocycles. The highest BCUT2D eigenvalue weighted by atomic mass is 16.5. The molecular formula is C13H18O3. The quantitative estimate of drug-likeness (QED) is 0.530. The molecule has 0 radical (unpaired) electrons. The van der Waals surface area contributed by atoms with E-state index in [1.807, 2.05) is 24.3 Å². The second kappa shape index (κ2) is 6.88. The van der Waals surface area contributed by atoms with Crippen LogP contribution in [0.2, 0.25) is 0 Å². The SMILES string of the molecule is CCCOC1=CC=CC(C=CC(=O)OC)C1. The third kappa shape index (κ3) is 4.34. The summed E-state index contributed by atoms with van der Waals surface area (Å²) < 4.78 is 10.1. The normalized spacial score (nSPS) is 19.6. The van der Waals surface area contributed by atoms with Crippen LogP contribution in [0.5, 0.6) is 0 Å². The van der Waals surface area contributed by atoms with Crippen molar-refractivity contribution in [3.63, 3.8) is 0 Å².